The van der Waals surface area contributed by atoms with E-state index in [1.807, 2.05) is 36.4 Å². The molecule has 0 saturated heterocycles. The van der Waals surface area contributed by atoms with Gasteiger partial charge >= 0.3 is 5.97 Å². The van der Waals surface area contributed by atoms with E-state index in [0.717, 1.165) is 10.0 Å². The Morgan fingerprint density at radius 2 is 1.90 bits per heavy atom. The van der Waals surface area contributed by atoms with Crippen molar-refractivity contribution < 1.29 is 14.3 Å². The summed E-state index contributed by atoms with van der Waals surface area (Å²) in [5.74, 6) is 0.776. The van der Waals surface area contributed by atoms with Gasteiger partial charge in [-0.1, -0.05) is 34.1 Å². The number of ether oxygens (including phenoxy) is 2. The van der Waals surface area contributed by atoms with E-state index in [1.165, 1.54) is 6.08 Å². The quantitative estimate of drug-likeness (QED) is 0.481. The minimum Gasteiger partial charge on any atom is -0.496 e. The minimum absolute atomic E-state index is 0.432. The number of rotatable bonds is 4. The van der Waals surface area contributed by atoms with Crippen molar-refractivity contribution in [3.63, 3.8) is 0 Å². The Kier molecular flexibility index (Phi) is 4.96. The highest BCUT2D eigenvalue weighted by Crippen LogP contribution is 2.24. The number of benzene rings is 2. The molecule has 0 N–H and O–H groups in total. The molecule has 0 spiro atoms. The van der Waals surface area contributed by atoms with Crippen LogP contribution in [0.5, 0.6) is 11.5 Å². The lowest BCUT2D eigenvalue weighted by atomic mass is 10.2. The fourth-order valence-electron chi connectivity index (χ4n) is 1.63. The first-order valence-electron chi connectivity index (χ1n) is 5.97. The Labute approximate surface area is 126 Å². The highest BCUT2D eigenvalue weighted by Gasteiger charge is 2.03. The second-order valence-corrected chi connectivity index (χ2v) is 4.87. The van der Waals surface area contributed by atoms with Gasteiger partial charge in [-0.05, 0) is 36.4 Å². The molecule has 0 aliphatic rings. The molecule has 0 saturated carbocycles. The molecule has 2 aromatic carbocycles. The zero-order valence-corrected chi connectivity index (χ0v) is 12.5. The molecule has 0 bridgehead atoms. The number of hydrogen-bond donors (Lipinski definition) is 0. The van der Waals surface area contributed by atoms with Crippen molar-refractivity contribution >= 4 is 28.0 Å². The third kappa shape index (κ3) is 3.96. The van der Waals surface area contributed by atoms with E-state index >= 15 is 0 Å². The molecule has 20 heavy (non-hydrogen) atoms. The normalized spacial score (nSPS) is 10.5. The van der Waals surface area contributed by atoms with Crippen LogP contribution in [0.1, 0.15) is 5.56 Å². The Balaban J connectivity index is 2.09. The van der Waals surface area contributed by atoms with E-state index in [-0.39, 0.29) is 0 Å². The standard InChI is InChI=1S/C16H13BrO3/c1-19-15-9-8-13(17)11-12(15)7-10-16(18)20-14-5-3-2-4-6-14/h2-11H,1H3/b10-7+. The van der Waals surface area contributed by atoms with Crippen LogP contribution >= 0.6 is 15.9 Å². The molecule has 0 aliphatic heterocycles. The lowest BCUT2D eigenvalue weighted by Crippen LogP contribution is -2.03. The lowest BCUT2D eigenvalue weighted by molar-refractivity contribution is -0.128. The number of hydrogen-bond acceptors (Lipinski definition) is 3. The number of carbonyl (C=O) groups excluding carboxylic acids is 1. The summed E-state index contributed by atoms with van der Waals surface area (Å²) in [5.41, 5.74) is 0.798. The van der Waals surface area contributed by atoms with Crippen LogP contribution in [0.2, 0.25) is 0 Å². The van der Waals surface area contributed by atoms with Gasteiger partial charge in [-0.25, -0.2) is 4.79 Å². The first kappa shape index (κ1) is 14.3. The Morgan fingerprint density at radius 3 is 2.60 bits per heavy atom. The first-order chi connectivity index (χ1) is 9.69. The van der Waals surface area contributed by atoms with Gasteiger partial charge < -0.3 is 9.47 Å². The predicted octanol–water partition coefficient (Wildman–Crippen LogP) is 4.08. The highest BCUT2D eigenvalue weighted by molar-refractivity contribution is 9.10. The maximum atomic E-state index is 11.7. The summed E-state index contributed by atoms with van der Waals surface area (Å²) in [6, 6.07) is 14.5. The Hall–Kier alpha value is -2.07. The molecule has 0 unspecified atom stereocenters. The number of methoxy groups -OCH3 is 1. The van der Waals surface area contributed by atoms with Gasteiger partial charge in [0, 0.05) is 16.1 Å². The molecular formula is C16H13BrO3. The van der Waals surface area contributed by atoms with Gasteiger partial charge in [0.2, 0.25) is 0 Å². The average Bonchev–Trinajstić information content (AvgIpc) is 2.46. The van der Waals surface area contributed by atoms with E-state index in [0.29, 0.717) is 11.5 Å². The fraction of sp³-hybridized carbons (Fsp3) is 0.0625. The van der Waals surface area contributed by atoms with Crippen molar-refractivity contribution in [1.29, 1.82) is 0 Å². The van der Waals surface area contributed by atoms with Crippen molar-refractivity contribution in [2.75, 3.05) is 7.11 Å². The van der Waals surface area contributed by atoms with Crippen LogP contribution in [0.25, 0.3) is 6.08 Å². The molecule has 0 heterocycles. The van der Waals surface area contributed by atoms with E-state index in [9.17, 15) is 4.79 Å². The second-order valence-electron chi connectivity index (χ2n) is 3.95. The summed E-state index contributed by atoms with van der Waals surface area (Å²) in [6.07, 6.45) is 3.03. The van der Waals surface area contributed by atoms with Crippen molar-refractivity contribution in [2.45, 2.75) is 0 Å². The third-order valence-corrected chi connectivity index (χ3v) is 3.05. The van der Waals surface area contributed by atoms with Crippen molar-refractivity contribution in [3.8, 4) is 11.5 Å². The van der Waals surface area contributed by atoms with Crippen molar-refractivity contribution in [3.05, 3.63) is 64.6 Å². The summed E-state index contributed by atoms with van der Waals surface area (Å²) in [5, 5.41) is 0. The molecule has 0 amide bonds. The predicted molar refractivity (Wildman–Crippen MR) is 81.8 cm³/mol. The number of halogens is 1. The molecule has 102 valence electrons. The lowest BCUT2D eigenvalue weighted by Gasteiger charge is -2.05. The van der Waals surface area contributed by atoms with E-state index in [1.54, 1.807) is 25.3 Å². The van der Waals surface area contributed by atoms with Gasteiger partial charge in [0.1, 0.15) is 11.5 Å². The van der Waals surface area contributed by atoms with Crippen LogP contribution in [-0.2, 0) is 4.79 Å². The summed E-state index contributed by atoms with van der Waals surface area (Å²) < 4.78 is 11.3. The highest BCUT2D eigenvalue weighted by atomic mass is 79.9. The summed E-state index contributed by atoms with van der Waals surface area (Å²) in [6.45, 7) is 0. The Bertz CT molecular complexity index is 621. The zero-order chi connectivity index (χ0) is 14.4. The second kappa shape index (κ2) is 6.91. The van der Waals surface area contributed by atoms with Crippen LogP contribution in [0.3, 0.4) is 0 Å². The van der Waals surface area contributed by atoms with Crippen LogP contribution < -0.4 is 9.47 Å². The van der Waals surface area contributed by atoms with Gasteiger partial charge in [0.15, 0.2) is 0 Å². The monoisotopic (exact) mass is 332 g/mol. The minimum atomic E-state index is -0.432. The van der Waals surface area contributed by atoms with E-state index in [2.05, 4.69) is 15.9 Å². The van der Waals surface area contributed by atoms with Crippen LogP contribution in [0.15, 0.2) is 59.1 Å². The molecule has 2 aromatic rings. The molecule has 2 rings (SSSR count). The van der Waals surface area contributed by atoms with Gasteiger partial charge in [-0.3, -0.25) is 0 Å². The van der Waals surface area contributed by atoms with Gasteiger partial charge in [-0.2, -0.15) is 0 Å². The molecule has 0 fully saturated rings. The number of carbonyl (C=O) groups is 1. The van der Waals surface area contributed by atoms with E-state index < -0.39 is 5.97 Å². The molecule has 0 atom stereocenters. The maximum absolute atomic E-state index is 11.7. The molecule has 0 aromatic heterocycles. The largest absolute Gasteiger partial charge is 0.496 e. The van der Waals surface area contributed by atoms with E-state index in [4.69, 9.17) is 9.47 Å². The number of esters is 1. The van der Waals surface area contributed by atoms with Crippen LogP contribution in [-0.4, -0.2) is 13.1 Å². The van der Waals surface area contributed by atoms with Crippen LogP contribution in [0.4, 0.5) is 0 Å². The number of para-hydroxylation sites is 1. The summed E-state index contributed by atoms with van der Waals surface area (Å²) in [4.78, 5) is 11.7. The van der Waals surface area contributed by atoms with Gasteiger partial charge in [0.05, 0.1) is 7.11 Å². The maximum Gasteiger partial charge on any atom is 0.336 e. The molecular weight excluding hydrogens is 320 g/mol. The molecule has 0 radical (unpaired) electrons. The Morgan fingerprint density at radius 1 is 1.15 bits per heavy atom. The van der Waals surface area contributed by atoms with Gasteiger partial charge in [-0.15, -0.1) is 0 Å². The third-order valence-electron chi connectivity index (χ3n) is 2.55. The summed E-state index contributed by atoms with van der Waals surface area (Å²) >= 11 is 3.38. The van der Waals surface area contributed by atoms with Crippen molar-refractivity contribution in [1.82, 2.24) is 0 Å². The van der Waals surface area contributed by atoms with Crippen molar-refractivity contribution in [2.24, 2.45) is 0 Å². The smallest absolute Gasteiger partial charge is 0.336 e. The molecule has 4 heteroatoms. The topological polar surface area (TPSA) is 35.5 Å². The SMILES string of the molecule is COc1ccc(Br)cc1/C=C/C(=O)Oc1ccccc1. The first-order valence-corrected chi connectivity index (χ1v) is 6.77. The molecule has 3 nitrogen and oxygen atoms in total. The fourth-order valence-corrected chi connectivity index (χ4v) is 2.01. The summed E-state index contributed by atoms with van der Waals surface area (Å²) in [7, 11) is 1.59. The molecule has 0 aliphatic carbocycles. The van der Waals surface area contributed by atoms with Gasteiger partial charge in [0.25, 0.3) is 0 Å². The van der Waals surface area contributed by atoms with Crippen LogP contribution in [0, 0.1) is 0 Å². The average molecular weight is 333 g/mol. The zero-order valence-electron chi connectivity index (χ0n) is 10.9.